The fraction of sp³-hybridized carbons (Fsp3) is 0.750. The predicted molar refractivity (Wildman–Crippen MR) is 160 cm³/mol. The molecule has 1 aromatic rings. The summed E-state index contributed by atoms with van der Waals surface area (Å²) in [4.78, 5) is 28.7. The summed E-state index contributed by atoms with van der Waals surface area (Å²) in [5, 5.41) is 6.62. The second-order valence-electron chi connectivity index (χ2n) is 12.0. The number of nitrogens with one attached hydrogen (secondary N) is 2. The van der Waals surface area contributed by atoms with Gasteiger partial charge in [-0.2, -0.15) is 0 Å². The van der Waals surface area contributed by atoms with Gasteiger partial charge in [0.05, 0.1) is 10.6 Å². The Morgan fingerprint density at radius 3 is 2.65 bits per heavy atom. The van der Waals surface area contributed by atoms with E-state index in [1.54, 1.807) is 25.3 Å². The molecule has 0 aromatic heterocycles. The Labute approximate surface area is 246 Å². The molecule has 1 saturated heterocycles. The number of carbonyl (C=O) groups is 2. The summed E-state index contributed by atoms with van der Waals surface area (Å²) in [6, 6.07) is 5.05. The quantitative estimate of drug-likeness (QED) is 0.234. The second-order valence-corrected chi connectivity index (χ2v) is 12.4. The summed E-state index contributed by atoms with van der Waals surface area (Å²) in [5.74, 6) is 0.446. The van der Waals surface area contributed by atoms with Crippen molar-refractivity contribution in [2.75, 3.05) is 40.4 Å². The van der Waals surface area contributed by atoms with Gasteiger partial charge < -0.3 is 20.3 Å². The number of unbranched alkanes of at least 4 members (excludes halogenated alkanes) is 1. The third kappa shape index (κ3) is 8.90. The van der Waals surface area contributed by atoms with Crippen molar-refractivity contribution in [1.29, 1.82) is 0 Å². The Morgan fingerprint density at radius 2 is 1.95 bits per heavy atom. The third-order valence-electron chi connectivity index (χ3n) is 9.10. The van der Waals surface area contributed by atoms with Gasteiger partial charge in [0.2, 0.25) is 11.8 Å². The summed E-state index contributed by atoms with van der Waals surface area (Å²) in [6.07, 6.45) is 12.1. The first-order valence-corrected chi connectivity index (χ1v) is 15.9. The van der Waals surface area contributed by atoms with Gasteiger partial charge in [-0.25, -0.2) is 4.39 Å². The summed E-state index contributed by atoms with van der Waals surface area (Å²) < 4.78 is 21.0. The van der Waals surface area contributed by atoms with Crippen molar-refractivity contribution >= 4 is 23.4 Å². The van der Waals surface area contributed by atoms with Crippen molar-refractivity contribution < 1.29 is 18.7 Å². The van der Waals surface area contributed by atoms with Crippen LogP contribution in [-0.4, -0.2) is 57.1 Å². The number of rotatable bonds is 15. The van der Waals surface area contributed by atoms with Crippen LogP contribution in [0.1, 0.15) is 96.0 Å². The highest BCUT2D eigenvalue weighted by Gasteiger charge is 2.45. The van der Waals surface area contributed by atoms with Gasteiger partial charge in [0.25, 0.3) is 0 Å². The summed E-state index contributed by atoms with van der Waals surface area (Å²) in [7, 11) is 3.63. The summed E-state index contributed by atoms with van der Waals surface area (Å²) >= 11 is 6.28. The van der Waals surface area contributed by atoms with Crippen LogP contribution in [-0.2, 0) is 19.9 Å². The third-order valence-corrected chi connectivity index (χ3v) is 9.40. The first-order chi connectivity index (χ1) is 19.3. The number of nitrogens with zero attached hydrogens (tertiary/aromatic N) is 1. The molecule has 0 radical (unpaired) electrons. The molecule has 0 spiro atoms. The van der Waals surface area contributed by atoms with Crippen LogP contribution in [0, 0.1) is 23.6 Å². The molecular weight excluding hydrogens is 529 g/mol. The smallest absolute Gasteiger partial charge is 0.222 e. The van der Waals surface area contributed by atoms with Crippen LogP contribution in [0.15, 0.2) is 18.2 Å². The van der Waals surface area contributed by atoms with Gasteiger partial charge in [-0.1, -0.05) is 62.8 Å². The van der Waals surface area contributed by atoms with E-state index in [0.29, 0.717) is 56.4 Å². The minimum absolute atomic E-state index is 0.0471. The Balaban J connectivity index is 1.86. The van der Waals surface area contributed by atoms with Crippen LogP contribution < -0.4 is 10.6 Å². The molecule has 3 rings (SSSR count). The number of amides is 2. The Morgan fingerprint density at radius 1 is 1.18 bits per heavy atom. The van der Waals surface area contributed by atoms with Gasteiger partial charge in [-0.15, -0.1) is 0 Å². The average Bonchev–Trinajstić information content (AvgIpc) is 2.96. The highest BCUT2D eigenvalue weighted by atomic mass is 35.5. The SMILES string of the molecule is CCC(=O)N[C@](CCCCOC)(c1cccc(Cl)c1F)[C@@H]1CCCN(C(=O)C[C@H](CNC)CC2CCCCC2)C1. The number of likely N-dealkylation sites (tertiary alicyclic amines) is 1. The molecule has 6 nitrogen and oxygen atoms in total. The number of piperidine rings is 1. The minimum Gasteiger partial charge on any atom is -0.385 e. The minimum atomic E-state index is -0.957. The number of ether oxygens (including phenoxy) is 1. The normalized spacial score (nSPS) is 20.6. The van der Waals surface area contributed by atoms with Crippen LogP contribution in [0.2, 0.25) is 5.02 Å². The largest absolute Gasteiger partial charge is 0.385 e. The van der Waals surface area contributed by atoms with Crippen LogP contribution in [0.25, 0.3) is 0 Å². The van der Waals surface area contributed by atoms with Crippen molar-refractivity contribution in [2.24, 2.45) is 17.8 Å². The fourth-order valence-corrected chi connectivity index (χ4v) is 7.20. The number of hydrogen-bond acceptors (Lipinski definition) is 4. The van der Waals surface area contributed by atoms with Crippen LogP contribution >= 0.6 is 11.6 Å². The molecule has 2 fully saturated rings. The van der Waals surface area contributed by atoms with Crippen molar-refractivity contribution in [3.05, 3.63) is 34.6 Å². The lowest BCUT2D eigenvalue weighted by Crippen LogP contribution is -2.57. The lowest BCUT2D eigenvalue weighted by molar-refractivity contribution is -0.135. The maximum Gasteiger partial charge on any atom is 0.222 e. The van der Waals surface area contributed by atoms with E-state index in [1.807, 2.05) is 18.9 Å². The zero-order valence-corrected chi connectivity index (χ0v) is 25.7. The Hall–Kier alpha value is -1.70. The van der Waals surface area contributed by atoms with Gasteiger partial charge in [-0.3, -0.25) is 9.59 Å². The molecule has 1 saturated carbocycles. The molecule has 0 bridgehead atoms. The molecule has 1 aliphatic heterocycles. The molecule has 2 amide bonds. The number of methoxy groups -OCH3 is 1. The Bertz CT molecular complexity index is 942. The van der Waals surface area contributed by atoms with Gasteiger partial charge in [0.15, 0.2) is 0 Å². The van der Waals surface area contributed by atoms with E-state index in [9.17, 15) is 9.59 Å². The van der Waals surface area contributed by atoms with E-state index in [-0.39, 0.29) is 22.8 Å². The lowest BCUT2D eigenvalue weighted by Gasteiger charge is -2.47. The average molecular weight is 580 g/mol. The highest BCUT2D eigenvalue weighted by Crippen LogP contribution is 2.42. The Kier molecular flexibility index (Phi) is 13.7. The molecule has 226 valence electrons. The molecule has 8 heteroatoms. The molecule has 1 heterocycles. The second kappa shape index (κ2) is 16.7. The topological polar surface area (TPSA) is 70.7 Å². The molecule has 2 aliphatic rings. The molecule has 0 unspecified atom stereocenters. The maximum absolute atomic E-state index is 15.7. The van der Waals surface area contributed by atoms with Gasteiger partial charge in [0, 0.05) is 51.1 Å². The number of carbonyl (C=O) groups excluding carboxylic acids is 2. The van der Waals surface area contributed by atoms with Crippen LogP contribution in [0.5, 0.6) is 0 Å². The first-order valence-electron chi connectivity index (χ1n) is 15.5. The number of halogens is 2. The van der Waals surface area contributed by atoms with E-state index < -0.39 is 11.4 Å². The van der Waals surface area contributed by atoms with E-state index in [0.717, 1.165) is 38.6 Å². The zero-order valence-electron chi connectivity index (χ0n) is 24.9. The molecule has 1 aromatic carbocycles. The van der Waals surface area contributed by atoms with Crippen LogP contribution in [0.3, 0.4) is 0 Å². The molecule has 40 heavy (non-hydrogen) atoms. The van der Waals surface area contributed by atoms with Gasteiger partial charge >= 0.3 is 0 Å². The molecule has 3 atom stereocenters. The predicted octanol–water partition coefficient (Wildman–Crippen LogP) is 6.45. The number of benzene rings is 1. The highest BCUT2D eigenvalue weighted by molar-refractivity contribution is 6.30. The van der Waals surface area contributed by atoms with E-state index >= 15 is 4.39 Å². The van der Waals surface area contributed by atoms with E-state index in [2.05, 4.69) is 10.6 Å². The van der Waals surface area contributed by atoms with Crippen molar-refractivity contribution in [2.45, 2.75) is 95.9 Å². The van der Waals surface area contributed by atoms with E-state index in [1.165, 1.54) is 32.1 Å². The van der Waals surface area contributed by atoms with Gasteiger partial charge in [0.1, 0.15) is 5.82 Å². The standard InChI is InChI=1S/C32H51ClFN3O3/c1-4-29(38)36-32(17-8-9-19-40-3,27-15-10-16-28(33)31(27)34)26-14-11-18-37(23-26)30(39)21-25(22-35-2)20-24-12-6-5-7-13-24/h10,15-16,24-26,35H,4-9,11-14,17-23H2,1-3H3,(H,36,38)/t25-,26-,32+/m1/s1. The summed E-state index contributed by atoms with van der Waals surface area (Å²) in [5.41, 5.74) is -0.537. The maximum atomic E-state index is 15.7. The molecular formula is C32H51ClFN3O3. The van der Waals surface area contributed by atoms with Crippen LogP contribution in [0.4, 0.5) is 4.39 Å². The van der Waals surface area contributed by atoms with Crippen molar-refractivity contribution in [3.63, 3.8) is 0 Å². The van der Waals surface area contributed by atoms with Gasteiger partial charge in [-0.05, 0) is 70.0 Å². The number of hydrogen-bond donors (Lipinski definition) is 2. The first kappa shape index (κ1) is 32.8. The zero-order chi connectivity index (χ0) is 29.0. The van der Waals surface area contributed by atoms with E-state index in [4.69, 9.17) is 16.3 Å². The molecule has 1 aliphatic carbocycles. The molecule has 2 N–H and O–H groups in total. The van der Waals surface area contributed by atoms with Crippen molar-refractivity contribution in [1.82, 2.24) is 15.5 Å². The lowest BCUT2D eigenvalue weighted by atomic mass is 9.70. The summed E-state index contributed by atoms with van der Waals surface area (Å²) in [6.45, 7) is 4.44. The fourth-order valence-electron chi connectivity index (χ4n) is 7.03. The van der Waals surface area contributed by atoms with Crippen molar-refractivity contribution in [3.8, 4) is 0 Å². The monoisotopic (exact) mass is 579 g/mol.